The summed E-state index contributed by atoms with van der Waals surface area (Å²) in [5, 5.41) is 26.2. The van der Waals surface area contributed by atoms with Crippen LogP contribution in [-0.4, -0.2) is 10.9 Å². The van der Waals surface area contributed by atoms with E-state index in [1.165, 1.54) is 18.2 Å². The number of allylic oxidation sites excluding steroid dienone is 2. The molecular weight excluding hydrogens is 356 g/mol. The number of nitro benzene ring substituents is 1. The lowest BCUT2D eigenvalue weighted by molar-refractivity contribution is -0.384. The van der Waals surface area contributed by atoms with Crippen LogP contribution in [-0.2, 0) is 0 Å². The zero-order valence-electron chi connectivity index (χ0n) is 13.5. The second kappa shape index (κ2) is 6.14. The van der Waals surface area contributed by atoms with E-state index in [0.29, 0.717) is 10.6 Å². The third-order valence-electron chi connectivity index (χ3n) is 5.12. The number of nitrogens with zero attached hydrogens (tertiary/aromatic N) is 1. The van der Waals surface area contributed by atoms with Gasteiger partial charge in [0.2, 0.25) is 0 Å². The number of fused-ring (bicyclic) bond motifs is 3. The van der Waals surface area contributed by atoms with E-state index in [4.69, 9.17) is 11.6 Å². The molecule has 4 rings (SSSR count). The van der Waals surface area contributed by atoms with Crippen LogP contribution in [0.15, 0.2) is 48.6 Å². The Morgan fingerprint density at radius 3 is 2.73 bits per heavy atom. The lowest BCUT2D eigenvalue weighted by Crippen LogP contribution is -2.30. The van der Waals surface area contributed by atoms with Crippen LogP contribution in [0, 0.1) is 16.0 Å². The van der Waals surface area contributed by atoms with Crippen molar-refractivity contribution in [3.8, 4) is 0 Å². The first-order chi connectivity index (χ1) is 12.5. The Labute approximate surface area is 154 Å². The fourth-order valence-electron chi connectivity index (χ4n) is 3.91. The van der Waals surface area contributed by atoms with Gasteiger partial charge in [-0.1, -0.05) is 29.8 Å². The van der Waals surface area contributed by atoms with Gasteiger partial charge in [-0.15, -0.1) is 0 Å². The Balaban J connectivity index is 1.80. The van der Waals surface area contributed by atoms with Gasteiger partial charge in [0.05, 0.1) is 16.9 Å². The molecule has 0 aromatic heterocycles. The largest absolute Gasteiger partial charge is 0.545 e. The van der Waals surface area contributed by atoms with Crippen molar-refractivity contribution in [1.82, 2.24) is 0 Å². The maximum Gasteiger partial charge on any atom is 0.269 e. The second-order valence-electron chi connectivity index (χ2n) is 6.53. The number of hydrogen-bond donors (Lipinski definition) is 1. The third-order valence-corrected chi connectivity index (χ3v) is 5.47. The van der Waals surface area contributed by atoms with E-state index in [9.17, 15) is 20.0 Å². The first-order valence-electron chi connectivity index (χ1n) is 8.18. The number of anilines is 1. The fraction of sp³-hybridized carbons (Fsp3) is 0.211. The van der Waals surface area contributed by atoms with Crippen LogP contribution in [0.4, 0.5) is 11.4 Å². The summed E-state index contributed by atoms with van der Waals surface area (Å²) in [7, 11) is 0. The van der Waals surface area contributed by atoms with Gasteiger partial charge in [0.1, 0.15) is 0 Å². The molecule has 0 amide bonds. The summed E-state index contributed by atoms with van der Waals surface area (Å²) in [6.45, 7) is 0. The zero-order valence-corrected chi connectivity index (χ0v) is 14.3. The number of non-ortho nitro benzene ring substituents is 1. The number of halogens is 1. The van der Waals surface area contributed by atoms with Gasteiger partial charge in [0.25, 0.3) is 5.69 Å². The molecule has 1 heterocycles. The Bertz CT molecular complexity index is 957. The lowest BCUT2D eigenvalue weighted by atomic mass is 9.76. The Hall–Kier alpha value is -2.86. The normalized spacial score (nSPS) is 23.0. The number of aromatic carboxylic acids is 1. The number of rotatable bonds is 3. The van der Waals surface area contributed by atoms with Crippen LogP contribution in [0.2, 0.25) is 5.02 Å². The predicted octanol–water partition coefficient (Wildman–Crippen LogP) is 3.44. The van der Waals surface area contributed by atoms with E-state index in [2.05, 4.69) is 17.5 Å². The topological polar surface area (TPSA) is 95.3 Å². The van der Waals surface area contributed by atoms with Crippen molar-refractivity contribution in [1.29, 1.82) is 0 Å². The van der Waals surface area contributed by atoms with Gasteiger partial charge >= 0.3 is 0 Å². The quantitative estimate of drug-likeness (QED) is 0.508. The van der Waals surface area contributed by atoms with E-state index in [-0.39, 0.29) is 29.1 Å². The molecule has 1 aliphatic carbocycles. The molecule has 0 unspecified atom stereocenters. The van der Waals surface area contributed by atoms with Crippen molar-refractivity contribution < 1.29 is 14.8 Å². The molecule has 7 heteroatoms. The number of benzene rings is 2. The summed E-state index contributed by atoms with van der Waals surface area (Å²) in [5.74, 6) is -1.10. The number of carbonyl (C=O) groups excluding carboxylic acids is 1. The van der Waals surface area contributed by atoms with Crippen LogP contribution in [0.25, 0.3) is 0 Å². The van der Waals surface area contributed by atoms with Gasteiger partial charge in [-0.05, 0) is 41.7 Å². The van der Waals surface area contributed by atoms with Gasteiger partial charge in [-0.2, -0.15) is 0 Å². The standard InChI is InChI=1S/C19H15ClN2O4/c20-16-6-5-11(22(25)26)9-15(16)18-13-3-1-2-12(13)14-8-10(19(23)24)4-7-17(14)21-18/h1-2,4-9,12-13,18,21H,3H2,(H,23,24)/p-1/t12-,13+,18+/m0/s1. The zero-order chi connectivity index (χ0) is 18.4. The Morgan fingerprint density at radius 1 is 1.19 bits per heavy atom. The van der Waals surface area contributed by atoms with Crippen molar-refractivity contribution in [3.63, 3.8) is 0 Å². The highest BCUT2D eigenvalue weighted by molar-refractivity contribution is 6.31. The molecule has 2 aromatic carbocycles. The Morgan fingerprint density at radius 2 is 2.00 bits per heavy atom. The van der Waals surface area contributed by atoms with Gasteiger partial charge < -0.3 is 15.2 Å². The summed E-state index contributed by atoms with van der Waals surface area (Å²) in [4.78, 5) is 21.9. The minimum absolute atomic E-state index is 0.00759. The van der Waals surface area contributed by atoms with Gasteiger partial charge in [-0.25, -0.2) is 0 Å². The number of carboxylic acids is 1. The predicted molar refractivity (Wildman–Crippen MR) is 95.2 cm³/mol. The number of carboxylic acid groups (broad SMARTS) is 1. The van der Waals surface area contributed by atoms with E-state index >= 15 is 0 Å². The van der Waals surface area contributed by atoms with Crippen LogP contribution in [0.3, 0.4) is 0 Å². The summed E-state index contributed by atoms with van der Waals surface area (Å²) in [5.41, 5.74) is 2.50. The molecule has 1 aliphatic heterocycles. The van der Waals surface area contributed by atoms with Crippen molar-refractivity contribution in [2.45, 2.75) is 18.4 Å². The van der Waals surface area contributed by atoms with Gasteiger partial charge in [-0.3, -0.25) is 10.1 Å². The smallest absolute Gasteiger partial charge is 0.269 e. The first kappa shape index (κ1) is 16.6. The molecule has 0 spiro atoms. The van der Waals surface area contributed by atoms with Crippen molar-refractivity contribution in [2.24, 2.45) is 5.92 Å². The van der Waals surface area contributed by atoms with E-state index in [1.54, 1.807) is 18.2 Å². The lowest BCUT2D eigenvalue weighted by Gasteiger charge is -2.38. The van der Waals surface area contributed by atoms with Crippen LogP contribution < -0.4 is 10.4 Å². The minimum Gasteiger partial charge on any atom is -0.545 e. The monoisotopic (exact) mass is 369 g/mol. The Kier molecular flexibility index (Phi) is 3.92. The van der Waals surface area contributed by atoms with Crippen molar-refractivity contribution in [2.75, 3.05) is 5.32 Å². The molecule has 26 heavy (non-hydrogen) atoms. The number of nitro groups is 1. The molecule has 2 aliphatic rings. The number of hydrogen-bond acceptors (Lipinski definition) is 5. The number of nitrogens with one attached hydrogen (secondary N) is 1. The molecule has 0 bridgehead atoms. The molecule has 3 atom stereocenters. The average molecular weight is 370 g/mol. The van der Waals surface area contributed by atoms with Crippen LogP contribution in [0.1, 0.15) is 39.9 Å². The second-order valence-corrected chi connectivity index (χ2v) is 6.94. The molecule has 0 saturated heterocycles. The first-order valence-corrected chi connectivity index (χ1v) is 8.56. The summed E-state index contributed by atoms with van der Waals surface area (Å²) >= 11 is 6.35. The van der Waals surface area contributed by atoms with Gasteiger partial charge in [0, 0.05) is 34.3 Å². The number of carbonyl (C=O) groups is 1. The molecule has 0 radical (unpaired) electrons. The summed E-state index contributed by atoms with van der Waals surface area (Å²) < 4.78 is 0. The molecule has 132 valence electrons. The van der Waals surface area contributed by atoms with Gasteiger partial charge in [0.15, 0.2) is 0 Å². The van der Waals surface area contributed by atoms with Crippen LogP contribution in [0.5, 0.6) is 0 Å². The SMILES string of the molecule is O=C([O-])c1ccc2c(c1)[C@H]1C=CC[C@H]1[C@H](c1cc([N+](=O)[O-])ccc1Cl)N2. The maximum absolute atomic E-state index is 11.2. The fourth-order valence-corrected chi connectivity index (χ4v) is 4.15. The van der Waals surface area contributed by atoms with Crippen LogP contribution >= 0.6 is 11.6 Å². The molecule has 0 saturated carbocycles. The molecule has 1 N–H and O–H groups in total. The molecule has 0 fully saturated rings. The molecule has 6 nitrogen and oxygen atoms in total. The summed E-state index contributed by atoms with van der Waals surface area (Å²) in [6, 6.07) is 9.07. The highest BCUT2D eigenvalue weighted by Crippen LogP contribution is 2.51. The van der Waals surface area contributed by atoms with E-state index < -0.39 is 10.9 Å². The minimum atomic E-state index is -1.21. The van der Waals surface area contributed by atoms with Crippen molar-refractivity contribution >= 4 is 28.9 Å². The van der Waals surface area contributed by atoms with E-state index in [1.807, 2.05) is 0 Å². The average Bonchev–Trinajstić information content (AvgIpc) is 3.11. The maximum atomic E-state index is 11.2. The summed E-state index contributed by atoms with van der Waals surface area (Å²) in [6.07, 6.45) is 4.88. The highest BCUT2D eigenvalue weighted by Gasteiger charge is 2.39. The third kappa shape index (κ3) is 2.63. The highest BCUT2D eigenvalue weighted by atomic mass is 35.5. The molecule has 2 aromatic rings. The van der Waals surface area contributed by atoms with Crippen molar-refractivity contribution in [3.05, 3.63) is 80.4 Å². The van der Waals surface area contributed by atoms with E-state index in [0.717, 1.165) is 17.7 Å². The molecular formula is C19H14ClN2O4-.